The Bertz CT molecular complexity index is 968. The zero-order chi connectivity index (χ0) is 13.5. The van der Waals surface area contributed by atoms with Gasteiger partial charge in [-0.15, -0.1) is 0 Å². The second kappa shape index (κ2) is 4.06. The zero-order valence-corrected chi connectivity index (χ0v) is 10.5. The molecule has 0 unspecified atom stereocenters. The number of rotatable bonds is 1. The van der Waals surface area contributed by atoms with Crippen molar-refractivity contribution in [2.75, 3.05) is 0 Å². The average Bonchev–Trinajstić information content (AvgIpc) is 2.85. The van der Waals surface area contributed by atoms with E-state index < -0.39 is 5.69 Å². The summed E-state index contributed by atoms with van der Waals surface area (Å²) in [5.74, 6) is 0. The fourth-order valence-electron chi connectivity index (χ4n) is 2.46. The van der Waals surface area contributed by atoms with E-state index >= 15 is 0 Å². The predicted molar refractivity (Wildman–Crippen MR) is 77.6 cm³/mol. The summed E-state index contributed by atoms with van der Waals surface area (Å²) in [6.45, 7) is 0. The van der Waals surface area contributed by atoms with Crippen LogP contribution in [0.15, 0.2) is 63.8 Å². The van der Waals surface area contributed by atoms with Gasteiger partial charge in [-0.25, -0.2) is 4.79 Å². The number of para-hydroxylation sites is 1. The monoisotopic (exact) mass is 262 g/mol. The molecule has 0 bridgehead atoms. The first-order chi connectivity index (χ1) is 9.83. The Morgan fingerprint density at radius 1 is 0.950 bits per heavy atom. The Morgan fingerprint density at radius 3 is 2.55 bits per heavy atom. The number of nitrogens with zero attached hydrogens (tertiary/aromatic N) is 1. The quantitative estimate of drug-likeness (QED) is 0.572. The van der Waals surface area contributed by atoms with Gasteiger partial charge < -0.3 is 9.40 Å². The van der Waals surface area contributed by atoms with Gasteiger partial charge in [0.15, 0.2) is 0 Å². The molecule has 0 aliphatic rings. The Kier molecular flexibility index (Phi) is 2.23. The van der Waals surface area contributed by atoms with E-state index in [0.717, 1.165) is 27.6 Å². The third kappa shape index (κ3) is 1.55. The molecule has 4 rings (SSSR count). The van der Waals surface area contributed by atoms with Crippen molar-refractivity contribution < 1.29 is 4.42 Å². The van der Waals surface area contributed by atoms with Gasteiger partial charge in [-0.05, 0) is 11.6 Å². The Hall–Kier alpha value is -2.88. The van der Waals surface area contributed by atoms with Crippen LogP contribution in [0.25, 0.3) is 33.3 Å². The third-order valence-corrected chi connectivity index (χ3v) is 3.32. The van der Waals surface area contributed by atoms with E-state index in [-0.39, 0.29) is 0 Å². The fraction of sp³-hybridized carbons (Fsp3) is 0. The van der Waals surface area contributed by atoms with Gasteiger partial charge in [0, 0.05) is 5.39 Å². The second-order valence-electron chi connectivity index (χ2n) is 4.56. The second-order valence-corrected chi connectivity index (χ2v) is 4.56. The topological polar surface area (TPSA) is 58.9 Å². The lowest BCUT2D eigenvalue weighted by atomic mass is 10.1. The standard InChI is InChI=1S/C16H10N2O2/c19-16-17-14(10-6-2-1-3-7-10)13-11-8-4-5-9-12(11)20-15(13)18-16/h1-9H,(H,17,18,19). The fourth-order valence-corrected chi connectivity index (χ4v) is 2.46. The van der Waals surface area contributed by atoms with Crippen molar-refractivity contribution in [3.05, 3.63) is 65.1 Å². The van der Waals surface area contributed by atoms with Gasteiger partial charge in [0.05, 0.1) is 11.1 Å². The summed E-state index contributed by atoms with van der Waals surface area (Å²) < 4.78 is 5.66. The highest BCUT2D eigenvalue weighted by Crippen LogP contribution is 2.32. The van der Waals surface area contributed by atoms with Crippen molar-refractivity contribution in [1.82, 2.24) is 9.97 Å². The van der Waals surface area contributed by atoms with Crippen LogP contribution in [-0.4, -0.2) is 9.97 Å². The number of aromatic amines is 1. The summed E-state index contributed by atoms with van der Waals surface area (Å²) in [6, 6.07) is 17.4. The van der Waals surface area contributed by atoms with Crippen LogP contribution in [-0.2, 0) is 0 Å². The molecule has 0 saturated carbocycles. The van der Waals surface area contributed by atoms with Crippen LogP contribution < -0.4 is 5.69 Å². The summed E-state index contributed by atoms with van der Waals surface area (Å²) >= 11 is 0. The highest BCUT2D eigenvalue weighted by atomic mass is 16.3. The van der Waals surface area contributed by atoms with Crippen molar-refractivity contribution in [3.63, 3.8) is 0 Å². The van der Waals surface area contributed by atoms with Gasteiger partial charge in [0.2, 0.25) is 5.71 Å². The molecule has 1 N–H and O–H groups in total. The van der Waals surface area contributed by atoms with E-state index in [9.17, 15) is 4.79 Å². The van der Waals surface area contributed by atoms with Gasteiger partial charge in [-0.3, -0.25) is 0 Å². The molecule has 0 atom stereocenters. The van der Waals surface area contributed by atoms with Crippen LogP contribution in [0.3, 0.4) is 0 Å². The van der Waals surface area contributed by atoms with Gasteiger partial charge in [-0.1, -0.05) is 48.5 Å². The normalized spacial score (nSPS) is 11.2. The molecule has 20 heavy (non-hydrogen) atoms. The Labute approximate surface area is 113 Å². The molecule has 0 aliphatic carbocycles. The minimum absolute atomic E-state index is 0.369. The van der Waals surface area contributed by atoms with E-state index in [0.29, 0.717) is 5.71 Å². The molecule has 4 aromatic rings. The first kappa shape index (κ1) is 11.0. The predicted octanol–water partition coefficient (Wildman–Crippen LogP) is 3.34. The van der Waals surface area contributed by atoms with Crippen LogP contribution in [0.1, 0.15) is 0 Å². The molecule has 96 valence electrons. The first-order valence-electron chi connectivity index (χ1n) is 6.30. The number of benzene rings is 2. The Balaban J connectivity index is 2.22. The van der Waals surface area contributed by atoms with Crippen molar-refractivity contribution in [1.29, 1.82) is 0 Å². The molecule has 2 aromatic heterocycles. The lowest BCUT2D eigenvalue weighted by Crippen LogP contribution is -2.10. The lowest BCUT2D eigenvalue weighted by Gasteiger charge is -2.02. The number of nitrogens with one attached hydrogen (secondary N) is 1. The van der Waals surface area contributed by atoms with E-state index in [4.69, 9.17) is 4.42 Å². The number of hydrogen-bond donors (Lipinski definition) is 1. The van der Waals surface area contributed by atoms with Gasteiger partial charge in [0.1, 0.15) is 5.58 Å². The smallest absolute Gasteiger partial charge is 0.348 e. The molecule has 0 amide bonds. The molecule has 4 heteroatoms. The van der Waals surface area contributed by atoms with Crippen LogP contribution in [0.2, 0.25) is 0 Å². The van der Waals surface area contributed by atoms with Crippen LogP contribution in [0.5, 0.6) is 0 Å². The molecular weight excluding hydrogens is 252 g/mol. The first-order valence-corrected chi connectivity index (χ1v) is 6.30. The van der Waals surface area contributed by atoms with Gasteiger partial charge in [0.25, 0.3) is 0 Å². The van der Waals surface area contributed by atoms with Crippen LogP contribution >= 0.6 is 0 Å². The van der Waals surface area contributed by atoms with Crippen molar-refractivity contribution in [3.8, 4) is 11.3 Å². The molecule has 0 radical (unpaired) electrons. The van der Waals surface area contributed by atoms with E-state index in [1.165, 1.54) is 0 Å². The van der Waals surface area contributed by atoms with Gasteiger partial charge in [-0.2, -0.15) is 4.98 Å². The maximum atomic E-state index is 11.7. The number of H-pyrrole nitrogens is 1. The molecule has 2 aromatic carbocycles. The molecule has 4 nitrogen and oxygen atoms in total. The summed E-state index contributed by atoms with van der Waals surface area (Å²) in [5, 5.41) is 1.79. The SMILES string of the molecule is O=c1nc2oc3ccccc3c2c(-c2ccccc2)[nH]1. The molecule has 0 fully saturated rings. The summed E-state index contributed by atoms with van der Waals surface area (Å²) in [4.78, 5) is 18.5. The van der Waals surface area contributed by atoms with Crippen LogP contribution in [0, 0.1) is 0 Å². The maximum absolute atomic E-state index is 11.7. The van der Waals surface area contributed by atoms with E-state index in [1.807, 2.05) is 54.6 Å². The molecule has 0 saturated heterocycles. The molecule has 0 aliphatic heterocycles. The van der Waals surface area contributed by atoms with Crippen molar-refractivity contribution in [2.45, 2.75) is 0 Å². The number of hydrogen-bond acceptors (Lipinski definition) is 3. The van der Waals surface area contributed by atoms with E-state index in [2.05, 4.69) is 9.97 Å². The number of fused-ring (bicyclic) bond motifs is 3. The highest BCUT2D eigenvalue weighted by Gasteiger charge is 2.14. The summed E-state index contributed by atoms with van der Waals surface area (Å²) in [5.41, 5.74) is 2.37. The minimum Gasteiger partial charge on any atom is -0.437 e. The third-order valence-electron chi connectivity index (χ3n) is 3.32. The van der Waals surface area contributed by atoms with Gasteiger partial charge >= 0.3 is 5.69 Å². The van der Waals surface area contributed by atoms with Crippen molar-refractivity contribution >= 4 is 22.1 Å². The minimum atomic E-state index is -0.407. The van der Waals surface area contributed by atoms with Crippen LogP contribution in [0.4, 0.5) is 0 Å². The van der Waals surface area contributed by atoms with E-state index in [1.54, 1.807) is 0 Å². The maximum Gasteiger partial charge on any atom is 0.348 e. The average molecular weight is 262 g/mol. The molecular formula is C16H10N2O2. The number of furan rings is 1. The van der Waals surface area contributed by atoms with Crippen molar-refractivity contribution in [2.24, 2.45) is 0 Å². The summed E-state index contributed by atoms with van der Waals surface area (Å²) in [7, 11) is 0. The zero-order valence-electron chi connectivity index (χ0n) is 10.5. The molecule has 2 heterocycles. The Morgan fingerprint density at radius 2 is 1.70 bits per heavy atom. The highest BCUT2D eigenvalue weighted by molar-refractivity contribution is 6.09. The molecule has 0 spiro atoms. The lowest BCUT2D eigenvalue weighted by molar-refractivity contribution is 0.650. The largest absolute Gasteiger partial charge is 0.437 e. The number of aromatic nitrogens is 2. The summed E-state index contributed by atoms with van der Waals surface area (Å²) in [6.07, 6.45) is 0.